The lowest BCUT2D eigenvalue weighted by Crippen LogP contribution is -2.55. The highest BCUT2D eigenvalue weighted by molar-refractivity contribution is 7.80. The average molecular weight is 382 g/mol. The minimum absolute atomic E-state index is 0.0224. The zero-order valence-corrected chi connectivity index (χ0v) is 15.3. The predicted octanol–water partition coefficient (Wildman–Crippen LogP) is -0.281. The molecule has 0 aromatic rings. The zero-order valence-electron chi connectivity index (χ0n) is 14.5. The summed E-state index contributed by atoms with van der Waals surface area (Å²) in [6, 6.07) is -1.47. The molecule has 0 bridgehead atoms. The maximum absolute atomic E-state index is 12.2. The van der Waals surface area contributed by atoms with E-state index in [4.69, 9.17) is 9.39 Å². The molecule has 0 aromatic carbocycles. The van der Waals surface area contributed by atoms with Crippen LogP contribution in [0.5, 0.6) is 0 Å². The van der Waals surface area contributed by atoms with Crippen LogP contribution >= 0.6 is 0 Å². The molecule has 0 spiro atoms. The summed E-state index contributed by atoms with van der Waals surface area (Å²) in [5, 5.41) is 3.21. The van der Waals surface area contributed by atoms with Crippen LogP contribution in [-0.4, -0.2) is 61.1 Å². The van der Waals surface area contributed by atoms with E-state index >= 15 is 0 Å². The van der Waals surface area contributed by atoms with Gasteiger partial charge in [-0.05, 0) is 26.2 Å². The minimum atomic E-state index is -4.82. The Bertz CT molecular complexity index is 555. The molecule has 2 atom stereocenters. The molecule has 1 aliphatic rings. The summed E-state index contributed by atoms with van der Waals surface area (Å²) in [6.45, 7) is 6.36. The lowest BCUT2D eigenvalue weighted by Gasteiger charge is -2.33. The molecule has 4 N–H and O–H groups in total. The van der Waals surface area contributed by atoms with Gasteiger partial charge in [-0.15, -0.1) is 4.28 Å². The first kappa shape index (κ1) is 21.6. The fourth-order valence-electron chi connectivity index (χ4n) is 2.52. The van der Waals surface area contributed by atoms with Crippen molar-refractivity contribution in [2.45, 2.75) is 58.2 Å². The van der Waals surface area contributed by atoms with Crippen LogP contribution in [0.15, 0.2) is 0 Å². The number of nitrogens with zero attached hydrogens (tertiary/aromatic N) is 1. The third kappa shape index (κ3) is 8.45. The Morgan fingerprint density at radius 3 is 2.52 bits per heavy atom. The van der Waals surface area contributed by atoms with Crippen LogP contribution in [0.1, 0.15) is 40.0 Å². The van der Waals surface area contributed by atoms with E-state index in [1.54, 1.807) is 5.48 Å². The lowest BCUT2D eigenvalue weighted by atomic mass is 10.0. The number of carbonyl (C=O) groups is 2. The minimum Gasteiger partial charge on any atom is -0.311 e. The first-order valence-electron chi connectivity index (χ1n) is 8.00. The monoisotopic (exact) mass is 382 g/mol. The van der Waals surface area contributed by atoms with Crippen molar-refractivity contribution >= 4 is 22.3 Å². The van der Waals surface area contributed by atoms with E-state index < -0.39 is 28.4 Å². The molecule has 1 heterocycles. The molecule has 1 saturated heterocycles. The van der Waals surface area contributed by atoms with Gasteiger partial charge in [-0.1, -0.05) is 13.8 Å². The Morgan fingerprint density at radius 1 is 1.24 bits per heavy atom. The number of urea groups is 1. The van der Waals surface area contributed by atoms with Crippen molar-refractivity contribution in [3.8, 4) is 0 Å². The van der Waals surface area contributed by atoms with E-state index in [1.807, 2.05) is 20.8 Å². The number of likely N-dealkylation sites (tertiary alicyclic amines) is 1. The molecule has 0 saturated carbocycles. The van der Waals surface area contributed by atoms with Crippen molar-refractivity contribution in [2.75, 3.05) is 13.2 Å². The van der Waals surface area contributed by atoms with Crippen LogP contribution in [0.25, 0.3) is 0 Å². The number of hydrogen-bond acceptors (Lipinski definition) is 7. The summed E-state index contributed by atoms with van der Waals surface area (Å²) in [5.74, 6) is -0.515. The maximum atomic E-state index is 12.2. The summed E-state index contributed by atoms with van der Waals surface area (Å²) < 4.78 is 33.3. The van der Waals surface area contributed by atoms with Crippen LogP contribution in [0.3, 0.4) is 0 Å². The van der Waals surface area contributed by atoms with Gasteiger partial charge in [-0.2, -0.15) is 13.9 Å². The summed E-state index contributed by atoms with van der Waals surface area (Å²) in [6.07, 6.45) is 1.78. The fraction of sp³-hybridized carbons (Fsp3) is 0.846. The van der Waals surface area contributed by atoms with Gasteiger partial charge in [-0.3, -0.25) is 14.2 Å². The van der Waals surface area contributed by atoms with Gasteiger partial charge in [0.2, 0.25) is 0 Å². The van der Waals surface area contributed by atoms with Crippen molar-refractivity contribution in [1.82, 2.24) is 21.2 Å². The first-order chi connectivity index (χ1) is 11.6. The van der Waals surface area contributed by atoms with Crippen LogP contribution < -0.4 is 16.3 Å². The zero-order chi connectivity index (χ0) is 19.0. The smallest absolute Gasteiger partial charge is 0.311 e. The number of rotatable bonds is 8. The van der Waals surface area contributed by atoms with Crippen LogP contribution in [0.2, 0.25) is 0 Å². The van der Waals surface area contributed by atoms with Gasteiger partial charge in [-0.25, -0.2) is 10.3 Å². The molecule has 146 valence electrons. The fourth-order valence-corrected chi connectivity index (χ4v) is 2.69. The normalized spacial score (nSPS) is 19.6. The van der Waals surface area contributed by atoms with E-state index in [0.717, 1.165) is 11.3 Å². The van der Waals surface area contributed by atoms with E-state index in [9.17, 15) is 18.0 Å². The van der Waals surface area contributed by atoms with E-state index in [2.05, 4.69) is 15.1 Å². The third-order valence-corrected chi connectivity index (χ3v) is 3.72. The molecule has 0 radical (unpaired) electrons. The second kappa shape index (κ2) is 9.87. The molecule has 1 unspecified atom stereocenters. The number of carbonyl (C=O) groups excluding carboxylic acids is 2. The first-order valence-corrected chi connectivity index (χ1v) is 9.37. The molecule has 3 amide bonds. The highest BCUT2D eigenvalue weighted by atomic mass is 32.3. The second-order valence-corrected chi connectivity index (χ2v) is 7.15. The maximum Gasteiger partial charge on any atom is 0.418 e. The molecule has 1 fully saturated rings. The van der Waals surface area contributed by atoms with Gasteiger partial charge in [0.1, 0.15) is 6.04 Å². The lowest BCUT2D eigenvalue weighted by molar-refractivity contribution is -0.139. The second-order valence-electron chi connectivity index (χ2n) is 6.12. The van der Waals surface area contributed by atoms with Crippen molar-refractivity contribution in [2.24, 2.45) is 0 Å². The van der Waals surface area contributed by atoms with Crippen molar-refractivity contribution in [1.29, 1.82) is 0 Å². The van der Waals surface area contributed by atoms with Crippen molar-refractivity contribution in [3.63, 3.8) is 0 Å². The van der Waals surface area contributed by atoms with Crippen molar-refractivity contribution in [3.05, 3.63) is 0 Å². The number of piperidine rings is 1. The average Bonchev–Trinajstić information content (AvgIpc) is 2.51. The van der Waals surface area contributed by atoms with Crippen LogP contribution in [-0.2, 0) is 24.3 Å². The van der Waals surface area contributed by atoms with E-state index in [0.29, 0.717) is 12.8 Å². The largest absolute Gasteiger partial charge is 0.418 e. The highest BCUT2D eigenvalue weighted by Gasteiger charge is 2.33. The van der Waals surface area contributed by atoms with Gasteiger partial charge < -0.3 is 10.2 Å². The Kier molecular flexibility index (Phi) is 8.52. The van der Waals surface area contributed by atoms with Crippen LogP contribution in [0.4, 0.5) is 4.79 Å². The number of nitrogens with one attached hydrogen (secondary N) is 3. The van der Waals surface area contributed by atoms with E-state index in [1.165, 1.54) is 0 Å². The Morgan fingerprint density at radius 2 is 1.92 bits per heavy atom. The number of hydroxylamine groups is 2. The Labute approximate surface area is 147 Å². The van der Waals surface area contributed by atoms with Gasteiger partial charge in [0.25, 0.3) is 5.91 Å². The molecular weight excluding hydrogens is 356 g/mol. The van der Waals surface area contributed by atoms with E-state index in [-0.39, 0.29) is 25.2 Å². The summed E-state index contributed by atoms with van der Waals surface area (Å²) in [5.41, 5.74) is 3.90. The molecule has 25 heavy (non-hydrogen) atoms. The SMILES string of the molecule is CC(C)NC(C)CONC(=O)[C@@H]1CCCCN1C(=O)NOS(=O)(=O)O. The number of amides is 3. The standard InChI is InChI=1S/C13H26N4O7S/c1-9(2)14-10(3)8-23-15-12(18)11-6-4-5-7-17(11)13(19)16-24-25(20,21)22/h9-11,14H,4-8H2,1-3H3,(H,15,18)(H,16,19)(H,20,21,22)/t10?,11-/m0/s1. The summed E-state index contributed by atoms with van der Waals surface area (Å²) >= 11 is 0. The molecule has 12 heteroatoms. The Balaban J connectivity index is 2.51. The third-order valence-electron chi connectivity index (χ3n) is 3.42. The topological polar surface area (TPSA) is 146 Å². The van der Waals surface area contributed by atoms with Gasteiger partial charge in [0.05, 0.1) is 6.61 Å². The molecule has 0 aromatic heterocycles. The quantitative estimate of drug-likeness (QED) is 0.331. The molecule has 11 nitrogen and oxygen atoms in total. The number of hydrogen-bond donors (Lipinski definition) is 4. The van der Waals surface area contributed by atoms with Crippen LogP contribution in [0, 0.1) is 0 Å². The molecular formula is C13H26N4O7S. The Hall–Kier alpha value is -1.47. The van der Waals surface area contributed by atoms with Gasteiger partial charge >= 0.3 is 16.4 Å². The molecule has 0 aliphatic carbocycles. The molecule has 1 rings (SSSR count). The summed E-state index contributed by atoms with van der Waals surface area (Å²) in [7, 11) is -4.82. The highest BCUT2D eigenvalue weighted by Crippen LogP contribution is 2.17. The summed E-state index contributed by atoms with van der Waals surface area (Å²) in [4.78, 5) is 30.5. The molecule has 1 aliphatic heterocycles. The van der Waals surface area contributed by atoms with Crippen molar-refractivity contribution < 1.29 is 31.7 Å². The van der Waals surface area contributed by atoms with Gasteiger partial charge in [0, 0.05) is 18.6 Å². The predicted molar refractivity (Wildman–Crippen MR) is 87.3 cm³/mol. The van der Waals surface area contributed by atoms with Gasteiger partial charge in [0.15, 0.2) is 0 Å².